The fraction of sp³-hybridized carbons (Fsp3) is 0.294. The highest BCUT2D eigenvalue weighted by atomic mass is 14.9. The van der Waals surface area contributed by atoms with Gasteiger partial charge in [0.2, 0.25) is 0 Å². The summed E-state index contributed by atoms with van der Waals surface area (Å²) in [6.45, 7) is 16.0. The Balaban J connectivity index is 1.72. The summed E-state index contributed by atoms with van der Waals surface area (Å²) in [5, 5.41) is 4.05. The van der Waals surface area contributed by atoms with Gasteiger partial charge >= 0.3 is 0 Å². The molecule has 0 heterocycles. The molecule has 0 amide bonds. The molecule has 0 radical (unpaired) electrons. The van der Waals surface area contributed by atoms with Crippen LogP contribution in [0.3, 0.4) is 0 Å². The smallest absolute Gasteiger partial charge is 0.0776 e. The molecule has 0 spiro atoms. The van der Waals surface area contributed by atoms with Crippen LogP contribution in [-0.4, -0.2) is 0 Å². The minimum Gasteiger partial charge on any atom is -0.374 e. The molecule has 1 aliphatic rings. The third-order valence-corrected chi connectivity index (χ3v) is 8.16. The first-order valence-electron chi connectivity index (χ1n) is 12.8. The van der Waals surface area contributed by atoms with Crippen LogP contribution in [-0.2, 0) is 11.8 Å². The predicted octanol–water partition coefficient (Wildman–Crippen LogP) is 8.99. The number of rotatable bonds is 3. The van der Waals surface area contributed by atoms with E-state index in [0.717, 1.165) is 6.42 Å². The largest absolute Gasteiger partial charge is 0.374 e. The van der Waals surface area contributed by atoms with Gasteiger partial charge in [-0.05, 0) is 107 Å². The second-order valence-electron chi connectivity index (χ2n) is 11.2. The molecule has 5 rings (SSSR count). The van der Waals surface area contributed by atoms with E-state index < -0.39 is 0 Å². The number of anilines is 1. The van der Waals surface area contributed by atoms with Gasteiger partial charge < -0.3 is 5.32 Å². The van der Waals surface area contributed by atoms with Crippen molar-refractivity contribution in [3.63, 3.8) is 0 Å². The fourth-order valence-electron chi connectivity index (χ4n) is 5.66. The van der Waals surface area contributed by atoms with Gasteiger partial charge in [-0.1, -0.05) is 81.4 Å². The Bertz CT molecular complexity index is 1400. The summed E-state index contributed by atoms with van der Waals surface area (Å²) in [4.78, 5) is 0. The maximum atomic E-state index is 4.05. The second-order valence-corrected chi connectivity index (χ2v) is 11.2. The standard InChI is InChI=1S/C34H37N/c1-21-22(2)24(4)32-29(23(21)3)19-26-15-11-12-16-28(26)33(32)35-31-18-17-27(34(5,6)7)20-30(31)25-13-9-8-10-14-25/h8-18,20,33,35H,19H2,1-7H3. The molecule has 178 valence electrons. The minimum atomic E-state index is 0.0917. The Morgan fingerprint density at radius 1 is 0.714 bits per heavy atom. The van der Waals surface area contributed by atoms with Gasteiger partial charge in [0.1, 0.15) is 0 Å². The average Bonchev–Trinajstić information content (AvgIpc) is 2.86. The van der Waals surface area contributed by atoms with E-state index in [2.05, 4.69) is 127 Å². The lowest BCUT2D eigenvalue weighted by molar-refractivity contribution is 0.590. The quantitative estimate of drug-likeness (QED) is 0.322. The zero-order valence-electron chi connectivity index (χ0n) is 22.2. The van der Waals surface area contributed by atoms with Crippen LogP contribution in [0.15, 0.2) is 72.8 Å². The van der Waals surface area contributed by atoms with Gasteiger partial charge in [-0.15, -0.1) is 0 Å². The first kappa shape index (κ1) is 23.4. The van der Waals surface area contributed by atoms with E-state index in [0.29, 0.717) is 0 Å². The molecule has 1 unspecified atom stereocenters. The lowest BCUT2D eigenvalue weighted by Crippen LogP contribution is -2.24. The maximum Gasteiger partial charge on any atom is 0.0776 e. The van der Waals surface area contributed by atoms with E-state index in [1.165, 1.54) is 66.9 Å². The van der Waals surface area contributed by atoms with Gasteiger partial charge in [0.05, 0.1) is 6.04 Å². The molecule has 1 aliphatic carbocycles. The molecule has 0 saturated heterocycles. The molecule has 1 nitrogen and oxygen atoms in total. The summed E-state index contributed by atoms with van der Waals surface area (Å²) < 4.78 is 0. The zero-order valence-corrected chi connectivity index (χ0v) is 22.2. The molecule has 0 aromatic heterocycles. The van der Waals surface area contributed by atoms with Crippen molar-refractivity contribution >= 4 is 5.69 Å². The van der Waals surface area contributed by atoms with E-state index in [1.54, 1.807) is 0 Å². The zero-order chi connectivity index (χ0) is 24.9. The van der Waals surface area contributed by atoms with E-state index in [4.69, 9.17) is 0 Å². The maximum absolute atomic E-state index is 4.05. The predicted molar refractivity (Wildman–Crippen MR) is 151 cm³/mol. The first-order chi connectivity index (χ1) is 16.7. The number of hydrogen-bond donors (Lipinski definition) is 1. The average molecular weight is 460 g/mol. The van der Waals surface area contributed by atoms with Crippen LogP contribution in [0.4, 0.5) is 5.69 Å². The van der Waals surface area contributed by atoms with E-state index in [9.17, 15) is 0 Å². The van der Waals surface area contributed by atoms with Crippen LogP contribution in [0.5, 0.6) is 0 Å². The summed E-state index contributed by atoms with van der Waals surface area (Å²) in [6, 6.07) is 26.9. The monoisotopic (exact) mass is 459 g/mol. The lowest BCUT2D eigenvalue weighted by Gasteiger charge is -2.35. The molecule has 0 fully saturated rings. The third kappa shape index (κ3) is 4.08. The second kappa shape index (κ2) is 8.72. The Hall–Kier alpha value is -3.32. The van der Waals surface area contributed by atoms with Crippen molar-refractivity contribution in [1.29, 1.82) is 0 Å². The molecule has 1 atom stereocenters. The van der Waals surface area contributed by atoms with Gasteiger partial charge in [0.25, 0.3) is 0 Å². The van der Waals surface area contributed by atoms with Gasteiger partial charge in [-0.2, -0.15) is 0 Å². The fourth-order valence-corrected chi connectivity index (χ4v) is 5.66. The molecule has 0 bridgehead atoms. The van der Waals surface area contributed by atoms with Crippen LogP contribution >= 0.6 is 0 Å². The summed E-state index contributed by atoms with van der Waals surface area (Å²) in [5.74, 6) is 0. The molecular weight excluding hydrogens is 422 g/mol. The molecule has 0 aliphatic heterocycles. The van der Waals surface area contributed by atoms with Crippen LogP contribution in [0, 0.1) is 27.7 Å². The van der Waals surface area contributed by atoms with Crippen molar-refractivity contribution in [3.8, 4) is 11.1 Å². The molecule has 4 aromatic rings. The van der Waals surface area contributed by atoms with Gasteiger partial charge in [0.15, 0.2) is 0 Å². The molecule has 4 aromatic carbocycles. The van der Waals surface area contributed by atoms with E-state index in [-0.39, 0.29) is 11.5 Å². The molecular formula is C34H37N. The minimum absolute atomic E-state index is 0.0917. The highest BCUT2D eigenvalue weighted by Gasteiger charge is 2.30. The van der Waals surface area contributed by atoms with Crippen LogP contribution in [0.25, 0.3) is 11.1 Å². The van der Waals surface area contributed by atoms with Crippen molar-refractivity contribution in [1.82, 2.24) is 0 Å². The van der Waals surface area contributed by atoms with Gasteiger partial charge in [0, 0.05) is 11.3 Å². The van der Waals surface area contributed by atoms with Gasteiger partial charge in [-0.3, -0.25) is 0 Å². The molecule has 1 heteroatoms. The van der Waals surface area contributed by atoms with Crippen molar-refractivity contribution < 1.29 is 0 Å². The Kier molecular flexibility index (Phi) is 5.83. The van der Waals surface area contributed by atoms with Crippen LogP contribution < -0.4 is 5.32 Å². The summed E-state index contributed by atoms with van der Waals surface area (Å²) >= 11 is 0. The Morgan fingerprint density at radius 2 is 1.37 bits per heavy atom. The topological polar surface area (TPSA) is 12.0 Å². The number of nitrogens with one attached hydrogen (secondary N) is 1. The normalized spacial score (nSPS) is 14.9. The Morgan fingerprint density at radius 3 is 2.09 bits per heavy atom. The Labute approximate surface area is 211 Å². The molecule has 1 N–H and O–H groups in total. The van der Waals surface area contributed by atoms with Gasteiger partial charge in [-0.25, -0.2) is 0 Å². The molecule has 35 heavy (non-hydrogen) atoms. The third-order valence-electron chi connectivity index (χ3n) is 8.16. The van der Waals surface area contributed by atoms with Crippen molar-refractivity contribution in [2.24, 2.45) is 0 Å². The van der Waals surface area contributed by atoms with Crippen molar-refractivity contribution in [2.45, 2.75) is 66.3 Å². The highest BCUT2D eigenvalue weighted by Crippen LogP contribution is 2.44. The van der Waals surface area contributed by atoms with Crippen LogP contribution in [0.1, 0.15) is 76.9 Å². The van der Waals surface area contributed by atoms with Crippen molar-refractivity contribution in [3.05, 3.63) is 123 Å². The SMILES string of the molecule is Cc1c(C)c(C)c2c(c1C)Cc1ccccc1C2Nc1ccc(C(C)(C)C)cc1-c1ccccc1. The number of benzene rings is 4. The highest BCUT2D eigenvalue weighted by molar-refractivity contribution is 5.80. The number of hydrogen-bond acceptors (Lipinski definition) is 1. The summed E-state index contributed by atoms with van der Waals surface area (Å²) in [5.41, 5.74) is 16.6. The van der Waals surface area contributed by atoms with Crippen LogP contribution in [0.2, 0.25) is 0 Å². The molecule has 0 saturated carbocycles. The van der Waals surface area contributed by atoms with Crippen molar-refractivity contribution in [2.75, 3.05) is 5.32 Å². The first-order valence-corrected chi connectivity index (χ1v) is 12.8. The number of fused-ring (bicyclic) bond motifs is 2. The lowest BCUT2D eigenvalue weighted by atomic mass is 9.75. The van der Waals surface area contributed by atoms with E-state index >= 15 is 0 Å². The summed E-state index contributed by atoms with van der Waals surface area (Å²) in [7, 11) is 0. The summed E-state index contributed by atoms with van der Waals surface area (Å²) in [6.07, 6.45) is 1.01. The van der Waals surface area contributed by atoms with E-state index in [1.807, 2.05) is 0 Å².